The molecule has 0 aliphatic carbocycles. The number of carbonyl (C=O) groups excluding carboxylic acids is 2. The molecule has 0 radical (unpaired) electrons. The lowest BCUT2D eigenvalue weighted by molar-refractivity contribution is -0.293. The Bertz CT molecular complexity index is 713. The summed E-state index contributed by atoms with van der Waals surface area (Å²) in [5.41, 5.74) is 0. The second-order valence-electron chi connectivity index (χ2n) is 6.49. The summed E-state index contributed by atoms with van der Waals surface area (Å²) in [6.45, 7) is 0.256. The molecule has 1 fully saturated rings. The molecule has 7 N–H and O–H groups in total. The van der Waals surface area contributed by atoms with E-state index in [0.717, 1.165) is 13.0 Å². The minimum Gasteiger partial charge on any atom is -0.508 e. The fraction of sp³-hybridized carbons (Fsp3) is 0.529. The van der Waals surface area contributed by atoms with Crippen LogP contribution in [0.15, 0.2) is 24.3 Å². The largest absolute Gasteiger partial charge is 0.508 e. The molecule has 11 heteroatoms. The van der Waals surface area contributed by atoms with Crippen molar-refractivity contribution in [2.24, 2.45) is 0 Å². The number of hydrogen-bond acceptors (Lipinski definition) is 10. The van der Waals surface area contributed by atoms with Crippen LogP contribution in [0.2, 0.25) is 0 Å². The number of esters is 1. The topological polar surface area (TPSA) is 186 Å². The highest BCUT2D eigenvalue weighted by Crippen LogP contribution is 2.32. The summed E-state index contributed by atoms with van der Waals surface area (Å²) in [5.74, 6) is -5.01. The standard InChI is InChI=1S/C17H23NO10/c1-8(20)18-13-11(22)6-17(26,28-15(13)14(24)12(23)7-19)16(25)27-10-4-2-3-9(21)5-10/h2-5,11-15,19,21-24,26H,6-7H2,1H3,(H,18,20)/t11-,12+,13+,14+,15+,17-/m0/s1. The fourth-order valence-corrected chi connectivity index (χ4v) is 2.86. The van der Waals surface area contributed by atoms with Gasteiger partial charge in [0.25, 0.3) is 5.79 Å². The van der Waals surface area contributed by atoms with E-state index in [0.29, 0.717) is 0 Å². The van der Waals surface area contributed by atoms with Gasteiger partial charge in [0.2, 0.25) is 5.91 Å². The summed E-state index contributed by atoms with van der Waals surface area (Å²) in [6.07, 6.45) is -7.54. The van der Waals surface area contributed by atoms with E-state index in [-0.39, 0.29) is 11.5 Å². The van der Waals surface area contributed by atoms with Gasteiger partial charge in [-0.1, -0.05) is 6.07 Å². The Morgan fingerprint density at radius 2 is 2.07 bits per heavy atom. The molecule has 11 nitrogen and oxygen atoms in total. The van der Waals surface area contributed by atoms with E-state index in [1.54, 1.807) is 0 Å². The van der Waals surface area contributed by atoms with Crippen molar-refractivity contribution in [2.45, 2.75) is 49.6 Å². The number of benzene rings is 1. The molecule has 0 spiro atoms. The highest BCUT2D eigenvalue weighted by Gasteiger charge is 2.54. The van der Waals surface area contributed by atoms with E-state index in [9.17, 15) is 35.1 Å². The number of carbonyl (C=O) groups is 2. The lowest BCUT2D eigenvalue weighted by Crippen LogP contribution is -2.67. The summed E-state index contributed by atoms with van der Waals surface area (Å²) in [6, 6.07) is 3.84. The summed E-state index contributed by atoms with van der Waals surface area (Å²) in [5, 5.41) is 61.6. The summed E-state index contributed by atoms with van der Waals surface area (Å²) >= 11 is 0. The van der Waals surface area contributed by atoms with Crippen LogP contribution in [-0.2, 0) is 14.3 Å². The van der Waals surface area contributed by atoms with Gasteiger partial charge in [-0.3, -0.25) is 4.79 Å². The Morgan fingerprint density at radius 3 is 2.64 bits per heavy atom. The maximum Gasteiger partial charge on any atom is 0.372 e. The number of aliphatic hydroxyl groups is 5. The summed E-state index contributed by atoms with van der Waals surface area (Å²) in [7, 11) is 0. The van der Waals surface area contributed by atoms with Crippen molar-refractivity contribution in [1.82, 2.24) is 5.32 Å². The zero-order valence-corrected chi connectivity index (χ0v) is 14.9. The zero-order chi connectivity index (χ0) is 21.1. The molecule has 1 aromatic carbocycles. The van der Waals surface area contributed by atoms with Crippen LogP contribution in [0.1, 0.15) is 13.3 Å². The first kappa shape index (κ1) is 22.0. The minimum absolute atomic E-state index is 0.118. The van der Waals surface area contributed by atoms with Crippen LogP contribution in [0, 0.1) is 0 Å². The molecule has 2 rings (SSSR count). The van der Waals surface area contributed by atoms with Crippen LogP contribution in [0.5, 0.6) is 11.5 Å². The van der Waals surface area contributed by atoms with Gasteiger partial charge in [-0.2, -0.15) is 0 Å². The Kier molecular flexibility index (Phi) is 6.93. The lowest BCUT2D eigenvalue weighted by atomic mass is 9.88. The Morgan fingerprint density at radius 1 is 1.39 bits per heavy atom. The zero-order valence-electron chi connectivity index (χ0n) is 14.9. The van der Waals surface area contributed by atoms with Gasteiger partial charge < -0.3 is 45.4 Å². The van der Waals surface area contributed by atoms with Crippen molar-refractivity contribution in [3.8, 4) is 11.5 Å². The molecule has 156 valence electrons. The van der Waals surface area contributed by atoms with Crippen LogP contribution in [0.25, 0.3) is 0 Å². The Labute approximate surface area is 159 Å². The summed E-state index contributed by atoms with van der Waals surface area (Å²) in [4.78, 5) is 23.8. The third kappa shape index (κ3) is 4.95. The van der Waals surface area contributed by atoms with E-state index in [1.807, 2.05) is 0 Å². The summed E-state index contributed by atoms with van der Waals surface area (Å²) < 4.78 is 10.2. The molecule has 1 aromatic rings. The van der Waals surface area contributed by atoms with Crippen molar-refractivity contribution < 1.29 is 49.7 Å². The van der Waals surface area contributed by atoms with E-state index >= 15 is 0 Å². The second kappa shape index (κ2) is 8.82. The van der Waals surface area contributed by atoms with Gasteiger partial charge >= 0.3 is 5.97 Å². The normalized spacial score (nSPS) is 29.6. The predicted molar refractivity (Wildman–Crippen MR) is 90.9 cm³/mol. The molecule has 0 unspecified atom stereocenters. The van der Waals surface area contributed by atoms with Crippen molar-refractivity contribution in [1.29, 1.82) is 0 Å². The molecular weight excluding hydrogens is 378 g/mol. The number of phenols is 1. The molecule has 1 aliphatic rings. The molecule has 28 heavy (non-hydrogen) atoms. The fourth-order valence-electron chi connectivity index (χ4n) is 2.86. The average Bonchev–Trinajstić information content (AvgIpc) is 2.62. The number of aliphatic hydroxyl groups excluding tert-OH is 4. The predicted octanol–water partition coefficient (Wildman–Crippen LogP) is -2.65. The van der Waals surface area contributed by atoms with Gasteiger partial charge in [0, 0.05) is 19.4 Å². The second-order valence-corrected chi connectivity index (χ2v) is 6.49. The number of nitrogens with one attached hydrogen (secondary N) is 1. The van der Waals surface area contributed by atoms with Crippen LogP contribution < -0.4 is 10.1 Å². The van der Waals surface area contributed by atoms with Crippen LogP contribution in [-0.4, -0.2) is 85.4 Å². The van der Waals surface area contributed by atoms with Gasteiger partial charge in [-0.25, -0.2) is 4.79 Å². The molecule has 6 atom stereocenters. The number of amides is 1. The average molecular weight is 401 g/mol. The monoisotopic (exact) mass is 401 g/mol. The lowest BCUT2D eigenvalue weighted by Gasteiger charge is -2.45. The van der Waals surface area contributed by atoms with Gasteiger partial charge in [0.1, 0.15) is 29.8 Å². The number of phenolic OH excluding ortho intramolecular Hbond substituents is 1. The SMILES string of the molecule is CC(=O)N[C@H]1[C@H]([C@H](O)[C@H](O)CO)O[C@](O)(C(=O)Oc2cccc(O)c2)C[C@@H]1O. The Hall–Kier alpha value is -2.28. The maximum atomic E-state index is 12.4. The van der Waals surface area contributed by atoms with Crippen molar-refractivity contribution in [3.05, 3.63) is 24.3 Å². The third-order valence-corrected chi connectivity index (χ3v) is 4.22. The first-order chi connectivity index (χ1) is 13.1. The molecule has 1 aliphatic heterocycles. The van der Waals surface area contributed by atoms with E-state index in [4.69, 9.17) is 14.6 Å². The molecule has 0 saturated carbocycles. The molecule has 1 amide bonds. The number of rotatable bonds is 6. The minimum atomic E-state index is -2.74. The van der Waals surface area contributed by atoms with Crippen molar-refractivity contribution in [2.75, 3.05) is 6.61 Å². The molecule has 0 aromatic heterocycles. The number of aromatic hydroxyl groups is 1. The highest BCUT2D eigenvalue weighted by molar-refractivity contribution is 5.80. The Balaban J connectivity index is 2.27. The van der Waals surface area contributed by atoms with Crippen LogP contribution >= 0.6 is 0 Å². The highest BCUT2D eigenvalue weighted by atomic mass is 16.7. The smallest absolute Gasteiger partial charge is 0.372 e. The first-order valence-corrected chi connectivity index (χ1v) is 8.41. The van der Waals surface area contributed by atoms with Gasteiger partial charge in [0.05, 0.1) is 18.8 Å². The van der Waals surface area contributed by atoms with Crippen molar-refractivity contribution >= 4 is 11.9 Å². The molecule has 0 bridgehead atoms. The van der Waals surface area contributed by atoms with Crippen molar-refractivity contribution in [3.63, 3.8) is 0 Å². The molecule has 1 saturated heterocycles. The van der Waals surface area contributed by atoms with Gasteiger partial charge in [0.15, 0.2) is 0 Å². The number of ether oxygens (including phenoxy) is 2. The third-order valence-electron chi connectivity index (χ3n) is 4.22. The van der Waals surface area contributed by atoms with Crippen LogP contribution in [0.3, 0.4) is 0 Å². The van der Waals surface area contributed by atoms with E-state index in [2.05, 4.69) is 5.32 Å². The quantitative estimate of drug-likeness (QED) is 0.196. The number of hydrogen-bond donors (Lipinski definition) is 7. The molecule has 1 heterocycles. The molecular formula is C17H23NO10. The van der Waals surface area contributed by atoms with Gasteiger partial charge in [-0.15, -0.1) is 0 Å². The van der Waals surface area contributed by atoms with Gasteiger partial charge in [-0.05, 0) is 12.1 Å². The van der Waals surface area contributed by atoms with Crippen LogP contribution in [0.4, 0.5) is 0 Å². The first-order valence-electron chi connectivity index (χ1n) is 8.41. The maximum absolute atomic E-state index is 12.4. The van der Waals surface area contributed by atoms with E-state index in [1.165, 1.54) is 18.2 Å². The van der Waals surface area contributed by atoms with E-state index < -0.39 is 61.1 Å².